The maximum absolute atomic E-state index is 11.9. The maximum atomic E-state index is 11.9. The summed E-state index contributed by atoms with van der Waals surface area (Å²) in [6.07, 6.45) is 4.63. The molecule has 3 rings (SSSR count). The van der Waals surface area contributed by atoms with E-state index in [9.17, 15) is 18.0 Å². The number of rotatable bonds is 7. The Kier molecular flexibility index (Phi) is 6.12. The zero-order valence-corrected chi connectivity index (χ0v) is 16.8. The summed E-state index contributed by atoms with van der Waals surface area (Å²) in [4.78, 5) is 23.7. The molecular formula is C19H22N4O5S. The number of carbonyl (C=O) groups excluding carboxylic acids is 2. The van der Waals surface area contributed by atoms with Crippen LogP contribution in [0.5, 0.6) is 0 Å². The second-order valence-electron chi connectivity index (χ2n) is 7.22. The fourth-order valence-electron chi connectivity index (χ4n) is 3.06. The molecule has 0 saturated carbocycles. The minimum atomic E-state index is -3.14. The van der Waals surface area contributed by atoms with Gasteiger partial charge in [-0.2, -0.15) is 0 Å². The second-order valence-corrected chi connectivity index (χ2v) is 9.40. The largest absolute Gasteiger partial charge is 0.452 e. The molecule has 1 saturated heterocycles. The van der Waals surface area contributed by atoms with Crippen molar-refractivity contribution >= 4 is 27.8 Å². The van der Waals surface area contributed by atoms with E-state index in [4.69, 9.17) is 4.74 Å². The molecule has 2 heterocycles. The van der Waals surface area contributed by atoms with Gasteiger partial charge in [0.25, 0.3) is 5.91 Å². The first kappa shape index (κ1) is 20.7. The lowest BCUT2D eigenvalue weighted by molar-refractivity contribution is -0.144. The highest BCUT2D eigenvalue weighted by molar-refractivity contribution is 7.91. The Balaban J connectivity index is 1.45. The Bertz CT molecular complexity index is 1020. The van der Waals surface area contributed by atoms with Crippen molar-refractivity contribution in [2.75, 3.05) is 18.1 Å². The predicted molar refractivity (Wildman–Crippen MR) is 105 cm³/mol. The van der Waals surface area contributed by atoms with Gasteiger partial charge < -0.3 is 10.1 Å². The van der Waals surface area contributed by atoms with Crippen molar-refractivity contribution in [2.24, 2.45) is 0 Å². The van der Waals surface area contributed by atoms with Crippen LogP contribution in [0.2, 0.25) is 0 Å². The minimum Gasteiger partial charge on any atom is -0.452 e. The number of carbonyl (C=O) groups is 2. The molecule has 1 fully saturated rings. The Morgan fingerprint density at radius 1 is 1.31 bits per heavy atom. The molecule has 0 radical (unpaired) electrons. The lowest BCUT2D eigenvalue weighted by Gasteiger charge is -2.23. The summed E-state index contributed by atoms with van der Waals surface area (Å²) in [7, 11) is -3.14. The molecule has 1 aliphatic rings. The smallest absolute Gasteiger partial charge is 0.331 e. The van der Waals surface area contributed by atoms with Crippen LogP contribution in [0.4, 0.5) is 0 Å². The van der Waals surface area contributed by atoms with Crippen molar-refractivity contribution in [1.29, 1.82) is 0 Å². The van der Waals surface area contributed by atoms with Crippen LogP contribution in [0.25, 0.3) is 6.08 Å². The van der Waals surface area contributed by atoms with Crippen molar-refractivity contribution in [3.8, 4) is 0 Å². The first-order valence-electron chi connectivity index (χ1n) is 9.03. The third kappa shape index (κ3) is 6.24. The second kappa shape index (κ2) is 8.56. The third-order valence-corrected chi connectivity index (χ3v) is 6.33. The van der Waals surface area contributed by atoms with Crippen molar-refractivity contribution in [2.45, 2.75) is 25.4 Å². The Labute approximate surface area is 168 Å². The molecule has 9 nitrogen and oxygen atoms in total. The van der Waals surface area contributed by atoms with Crippen LogP contribution >= 0.6 is 0 Å². The molecular weight excluding hydrogens is 396 g/mol. The van der Waals surface area contributed by atoms with Gasteiger partial charge in [0.05, 0.1) is 29.8 Å². The van der Waals surface area contributed by atoms with Gasteiger partial charge >= 0.3 is 5.97 Å². The lowest BCUT2D eigenvalue weighted by atomic mass is 10.0. The van der Waals surface area contributed by atoms with E-state index < -0.39 is 33.9 Å². The number of nitrogens with zero attached hydrogens (tertiary/aromatic N) is 3. The molecule has 1 amide bonds. The van der Waals surface area contributed by atoms with Gasteiger partial charge in [0.2, 0.25) is 0 Å². The van der Waals surface area contributed by atoms with Gasteiger partial charge in [0, 0.05) is 6.08 Å². The number of aromatic nitrogens is 3. The topological polar surface area (TPSA) is 120 Å². The van der Waals surface area contributed by atoms with Gasteiger partial charge in [-0.15, -0.1) is 5.10 Å². The monoisotopic (exact) mass is 418 g/mol. The van der Waals surface area contributed by atoms with Crippen LogP contribution in [0.3, 0.4) is 0 Å². The van der Waals surface area contributed by atoms with E-state index in [1.807, 2.05) is 30.3 Å². The molecule has 1 atom stereocenters. The zero-order valence-electron chi connectivity index (χ0n) is 15.9. The summed E-state index contributed by atoms with van der Waals surface area (Å²) in [5, 5.41) is 10.6. The fourth-order valence-corrected chi connectivity index (χ4v) is 5.15. The number of esters is 1. The van der Waals surface area contributed by atoms with Gasteiger partial charge in [-0.25, -0.2) is 17.9 Å². The zero-order chi connectivity index (χ0) is 20.9. The number of benzene rings is 1. The Morgan fingerprint density at radius 3 is 2.76 bits per heavy atom. The average molecular weight is 418 g/mol. The quantitative estimate of drug-likeness (QED) is 0.516. The molecule has 1 aromatic heterocycles. The maximum Gasteiger partial charge on any atom is 0.331 e. The van der Waals surface area contributed by atoms with E-state index in [-0.39, 0.29) is 11.5 Å². The Morgan fingerprint density at radius 2 is 2.07 bits per heavy atom. The summed E-state index contributed by atoms with van der Waals surface area (Å²) in [5.41, 5.74) is 0.725. The number of ether oxygens (including phenoxy) is 1. The highest BCUT2D eigenvalue weighted by Gasteiger charge is 2.39. The molecule has 1 aliphatic heterocycles. The normalized spacial score (nSPS) is 20.6. The van der Waals surface area contributed by atoms with Crippen LogP contribution in [0.15, 0.2) is 42.6 Å². The third-order valence-electron chi connectivity index (χ3n) is 4.42. The van der Waals surface area contributed by atoms with E-state index >= 15 is 0 Å². The number of sulfone groups is 1. The van der Waals surface area contributed by atoms with E-state index in [2.05, 4.69) is 15.6 Å². The summed E-state index contributed by atoms with van der Waals surface area (Å²) < 4.78 is 29.7. The summed E-state index contributed by atoms with van der Waals surface area (Å²) in [6, 6.07) is 9.75. The molecule has 0 spiro atoms. The van der Waals surface area contributed by atoms with Crippen LogP contribution < -0.4 is 5.32 Å². The first-order valence-corrected chi connectivity index (χ1v) is 10.9. The van der Waals surface area contributed by atoms with Gasteiger partial charge in [-0.3, -0.25) is 4.79 Å². The van der Waals surface area contributed by atoms with Crippen LogP contribution in [0.1, 0.15) is 24.6 Å². The SMILES string of the molecule is C[C@]1(NC(=O)COC(=O)/C=C/c2cn(Cc3ccccc3)nn2)CCS(=O)(=O)C1. The van der Waals surface area contributed by atoms with Gasteiger partial charge in [-0.05, 0) is 25.0 Å². The van der Waals surface area contributed by atoms with E-state index in [1.54, 1.807) is 17.8 Å². The molecule has 0 aliphatic carbocycles. The number of amides is 1. The standard InChI is InChI=1S/C19H22N4O5S/c1-19(9-10-29(26,27)14-19)20-17(24)13-28-18(25)8-7-16-12-23(22-21-16)11-15-5-3-2-4-6-15/h2-8,12H,9-11,13-14H2,1H3,(H,20,24)/b8-7+/t19-/m0/s1. The molecule has 29 heavy (non-hydrogen) atoms. The predicted octanol–water partition coefficient (Wildman–Crippen LogP) is 0.576. The van der Waals surface area contributed by atoms with Crippen molar-refractivity contribution in [1.82, 2.24) is 20.3 Å². The summed E-state index contributed by atoms with van der Waals surface area (Å²) in [5.74, 6) is -1.32. The highest BCUT2D eigenvalue weighted by Crippen LogP contribution is 2.22. The highest BCUT2D eigenvalue weighted by atomic mass is 32.2. The fraction of sp³-hybridized carbons (Fsp3) is 0.368. The molecule has 10 heteroatoms. The van der Waals surface area contributed by atoms with E-state index in [1.165, 1.54) is 6.08 Å². The molecule has 1 N–H and O–H groups in total. The first-order chi connectivity index (χ1) is 13.7. The minimum absolute atomic E-state index is 0.0389. The number of nitrogens with one attached hydrogen (secondary N) is 1. The van der Waals surface area contributed by atoms with E-state index in [0.717, 1.165) is 11.6 Å². The average Bonchev–Trinajstić information content (AvgIpc) is 3.22. The van der Waals surface area contributed by atoms with Crippen LogP contribution in [-0.4, -0.2) is 58.9 Å². The van der Waals surface area contributed by atoms with Crippen LogP contribution in [0, 0.1) is 0 Å². The summed E-state index contributed by atoms with van der Waals surface area (Å²) in [6.45, 7) is 1.73. The van der Waals surface area contributed by atoms with Crippen molar-refractivity contribution in [3.63, 3.8) is 0 Å². The molecule has 1 aromatic carbocycles. The van der Waals surface area contributed by atoms with Crippen molar-refractivity contribution < 1.29 is 22.7 Å². The number of hydrogen-bond donors (Lipinski definition) is 1. The van der Waals surface area contributed by atoms with Gasteiger partial charge in [-0.1, -0.05) is 35.5 Å². The van der Waals surface area contributed by atoms with Gasteiger partial charge in [0.1, 0.15) is 5.69 Å². The number of hydrogen-bond acceptors (Lipinski definition) is 7. The van der Waals surface area contributed by atoms with Gasteiger partial charge in [0.15, 0.2) is 16.4 Å². The lowest BCUT2D eigenvalue weighted by Crippen LogP contribution is -2.48. The van der Waals surface area contributed by atoms with Crippen molar-refractivity contribution in [3.05, 3.63) is 53.9 Å². The molecule has 154 valence electrons. The molecule has 2 aromatic rings. The Hall–Kier alpha value is -3.01. The summed E-state index contributed by atoms with van der Waals surface area (Å²) >= 11 is 0. The van der Waals surface area contributed by atoms with Crippen LogP contribution in [-0.2, 0) is 30.7 Å². The molecule has 0 bridgehead atoms. The van der Waals surface area contributed by atoms with E-state index in [0.29, 0.717) is 18.7 Å². The molecule has 0 unspecified atom stereocenters.